The molecule has 2 aromatic carbocycles. The lowest BCUT2D eigenvalue weighted by Gasteiger charge is -2.14. The van der Waals surface area contributed by atoms with Gasteiger partial charge in [-0.15, -0.1) is 0 Å². The van der Waals surface area contributed by atoms with Crippen molar-refractivity contribution < 1.29 is 4.79 Å². The predicted molar refractivity (Wildman–Crippen MR) is 100.0 cm³/mol. The van der Waals surface area contributed by atoms with Crippen molar-refractivity contribution >= 4 is 5.91 Å². The fourth-order valence-corrected chi connectivity index (χ4v) is 2.82. The molecule has 4 heteroatoms. The molecule has 128 valence electrons. The summed E-state index contributed by atoms with van der Waals surface area (Å²) < 4.78 is 1.70. The van der Waals surface area contributed by atoms with Crippen molar-refractivity contribution in [2.45, 2.75) is 32.7 Å². The molecule has 25 heavy (non-hydrogen) atoms. The van der Waals surface area contributed by atoms with Crippen LogP contribution in [0.5, 0.6) is 0 Å². The Labute approximate surface area is 148 Å². The van der Waals surface area contributed by atoms with Gasteiger partial charge in [0.15, 0.2) is 0 Å². The first-order chi connectivity index (χ1) is 12.1. The van der Waals surface area contributed by atoms with Crippen LogP contribution >= 0.6 is 0 Å². The van der Waals surface area contributed by atoms with Gasteiger partial charge in [-0.05, 0) is 50.5 Å². The van der Waals surface area contributed by atoms with E-state index in [-0.39, 0.29) is 11.9 Å². The molecular weight excluding hydrogens is 310 g/mol. The van der Waals surface area contributed by atoms with Crippen molar-refractivity contribution in [1.29, 1.82) is 0 Å². The van der Waals surface area contributed by atoms with Gasteiger partial charge in [0.2, 0.25) is 0 Å². The first-order valence-electron chi connectivity index (χ1n) is 8.60. The monoisotopic (exact) mass is 333 g/mol. The van der Waals surface area contributed by atoms with Crippen molar-refractivity contribution in [2.75, 3.05) is 0 Å². The van der Waals surface area contributed by atoms with Gasteiger partial charge in [-0.1, -0.05) is 48.5 Å². The fourth-order valence-electron chi connectivity index (χ4n) is 2.82. The number of amides is 1. The zero-order valence-corrected chi connectivity index (χ0v) is 14.6. The van der Waals surface area contributed by atoms with Gasteiger partial charge in [0.25, 0.3) is 5.91 Å². The fraction of sp³-hybridized carbons (Fsp3) is 0.238. The summed E-state index contributed by atoms with van der Waals surface area (Å²) in [6.07, 6.45) is 1.84. The van der Waals surface area contributed by atoms with E-state index in [4.69, 9.17) is 0 Å². The molecular formula is C21H23N3O. The molecule has 3 rings (SSSR count). The van der Waals surface area contributed by atoms with Gasteiger partial charge in [-0.2, -0.15) is 5.10 Å². The maximum absolute atomic E-state index is 12.7. The summed E-state index contributed by atoms with van der Waals surface area (Å²) >= 11 is 0. The number of nitrogens with one attached hydrogen (secondary N) is 1. The minimum atomic E-state index is -0.0926. The topological polar surface area (TPSA) is 46.9 Å². The Hall–Kier alpha value is -2.88. The van der Waals surface area contributed by atoms with Crippen LogP contribution in [0.2, 0.25) is 0 Å². The standard InChI is InChI=1S/C21H23N3O/c1-16(13-14-18-9-5-3-6-10-18)22-21(25)20-15-17(2)23-24(20)19-11-7-4-8-12-19/h3-12,15-16H,13-14H2,1-2H3,(H,22,25)/t16-/m0/s1. The number of hydrogen-bond donors (Lipinski definition) is 1. The van der Waals surface area contributed by atoms with Crippen LogP contribution in [-0.2, 0) is 6.42 Å². The number of aromatic nitrogens is 2. The molecule has 0 aliphatic rings. The van der Waals surface area contributed by atoms with Crippen LogP contribution in [0.15, 0.2) is 66.7 Å². The quantitative estimate of drug-likeness (QED) is 0.743. The zero-order chi connectivity index (χ0) is 17.6. The number of nitrogens with zero attached hydrogens (tertiary/aromatic N) is 2. The molecule has 1 heterocycles. The van der Waals surface area contributed by atoms with E-state index in [0.717, 1.165) is 24.2 Å². The molecule has 0 fully saturated rings. The molecule has 0 radical (unpaired) electrons. The molecule has 0 aliphatic heterocycles. The highest BCUT2D eigenvalue weighted by atomic mass is 16.2. The summed E-state index contributed by atoms with van der Waals surface area (Å²) in [6.45, 7) is 3.94. The molecule has 0 saturated carbocycles. The van der Waals surface area contributed by atoms with Crippen LogP contribution in [0.25, 0.3) is 5.69 Å². The highest BCUT2D eigenvalue weighted by molar-refractivity contribution is 5.93. The van der Waals surface area contributed by atoms with E-state index in [1.807, 2.05) is 68.4 Å². The van der Waals surface area contributed by atoms with Crippen molar-refractivity contribution in [1.82, 2.24) is 15.1 Å². The van der Waals surface area contributed by atoms with E-state index in [1.54, 1.807) is 4.68 Å². The van der Waals surface area contributed by atoms with Crippen molar-refractivity contribution in [2.24, 2.45) is 0 Å². The summed E-state index contributed by atoms with van der Waals surface area (Å²) in [7, 11) is 0. The normalized spacial score (nSPS) is 11.9. The maximum Gasteiger partial charge on any atom is 0.270 e. The maximum atomic E-state index is 12.7. The smallest absolute Gasteiger partial charge is 0.270 e. The second-order valence-corrected chi connectivity index (χ2v) is 6.32. The highest BCUT2D eigenvalue weighted by Gasteiger charge is 2.17. The van der Waals surface area contributed by atoms with E-state index in [9.17, 15) is 4.79 Å². The van der Waals surface area contributed by atoms with Crippen LogP contribution in [0.4, 0.5) is 0 Å². The molecule has 1 N–H and O–H groups in total. The Morgan fingerprint density at radius 1 is 1.08 bits per heavy atom. The van der Waals surface area contributed by atoms with E-state index < -0.39 is 0 Å². The number of hydrogen-bond acceptors (Lipinski definition) is 2. The van der Waals surface area contributed by atoms with Crippen molar-refractivity contribution in [3.8, 4) is 5.69 Å². The number of benzene rings is 2. The lowest BCUT2D eigenvalue weighted by Crippen LogP contribution is -2.34. The molecule has 3 aromatic rings. The average Bonchev–Trinajstić information content (AvgIpc) is 3.04. The number of carbonyl (C=O) groups excluding carboxylic acids is 1. The summed E-state index contributed by atoms with van der Waals surface area (Å²) in [5.41, 5.74) is 3.56. The summed E-state index contributed by atoms with van der Waals surface area (Å²) in [4.78, 5) is 12.7. The summed E-state index contributed by atoms with van der Waals surface area (Å²) in [6, 6.07) is 22.0. The highest BCUT2D eigenvalue weighted by Crippen LogP contribution is 2.13. The first-order valence-corrected chi connectivity index (χ1v) is 8.60. The Morgan fingerprint density at radius 2 is 1.72 bits per heavy atom. The molecule has 0 unspecified atom stereocenters. The predicted octanol–water partition coefficient (Wildman–Crippen LogP) is 3.93. The van der Waals surface area contributed by atoms with Gasteiger partial charge in [0.05, 0.1) is 11.4 Å². The van der Waals surface area contributed by atoms with Crippen LogP contribution in [0, 0.1) is 6.92 Å². The van der Waals surface area contributed by atoms with Crippen LogP contribution in [-0.4, -0.2) is 21.7 Å². The Bertz CT molecular complexity index is 825. The third-order valence-electron chi connectivity index (χ3n) is 4.15. The Morgan fingerprint density at radius 3 is 2.40 bits per heavy atom. The number of rotatable bonds is 6. The third kappa shape index (κ3) is 4.35. The van der Waals surface area contributed by atoms with Crippen molar-refractivity contribution in [3.63, 3.8) is 0 Å². The van der Waals surface area contributed by atoms with Crippen LogP contribution in [0.1, 0.15) is 35.1 Å². The Kier molecular flexibility index (Phi) is 5.29. The minimum absolute atomic E-state index is 0.0899. The van der Waals surface area contributed by atoms with E-state index in [1.165, 1.54) is 5.56 Å². The second-order valence-electron chi connectivity index (χ2n) is 6.32. The Balaban J connectivity index is 1.67. The van der Waals surface area contributed by atoms with E-state index in [0.29, 0.717) is 5.69 Å². The molecule has 0 saturated heterocycles. The van der Waals surface area contributed by atoms with Gasteiger partial charge >= 0.3 is 0 Å². The molecule has 0 spiro atoms. The minimum Gasteiger partial charge on any atom is -0.348 e. The lowest BCUT2D eigenvalue weighted by molar-refractivity contribution is 0.0930. The number of aryl methyl sites for hydroxylation is 2. The van der Waals surface area contributed by atoms with Gasteiger partial charge in [0, 0.05) is 6.04 Å². The van der Waals surface area contributed by atoms with Crippen LogP contribution < -0.4 is 5.32 Å². The SMILES string of the molecule is Cc1cc(C(=O)N[C@@H](C)CCc2ccccc2)n(-c2ccccc2)n1. The third-order valence-corrected chi connectivity index (χ3v) is 4.15. The van der Waals surface area contributed by atoms with Crippen LogP contribution in [0.3, 0.4) is 0 Å². The summed E-state index contributed by atoms with van der Waals surface area (Å²) in [5.74, 6) is -0.0926. The van der Waals surface area contributed by atoms with Gasteiger partial charge in [-0.3, -0.25) is 4.79 Å². The molecule has 0 bridgehead atoms. The lowest BCUT2D eigenvalue weighted by atomic mass is 10.1. The largest absolute Gasteiger partial charge is 0.348 e. The second kappa shape index (κ2) is 7.79. The van der Waals surface area contributed by atoms with Crippen molar-refractivity contribution in [3.05, 3.63) is 83.7 Å². The average molecular weight is 333 g/mol. The molecule has 4 nitrogen and oxygen atoms in total. The van der Waals surface area contributed by atoms with Gasteiger partial charge in [0.1, 0.15) is 5.69 Å². The summed E-state index contributed by atoms with van der Waals surface area (Å²) in [5, 5.41) is 7.55. The van der Waals surface area contributed by atoms with E-state index >= 15 is 0 Å². The number of para-hydroxylation sites is 1. The van der Waals surface area contributed by atoms with Gasteiger partial charge in [-0.25, -0.2) is 4.68 Å². The number of carbonyl (C=O) groups is 1. The molecule has 1 atom stereocenters. The zero-order valence-electron chi connectivity index (χ0n) is 14.6. The molecule has 1 amide bonds. The molecule has 1 aromatic heterocycles. The van der Waals surface area contributed by atoms with Gasteiger partial charge < -0.3 is 5.32 Å². The first kappa shape index (κ1) is 17.0. The molecule has 0 aliphatic carbocycles. The van der Waals surface area contributed by atoms with E-state index in [2.05, 4.69) is 22.5 Å².